The van der Waals surface area contributed by atoms with Crippen LogP contribution in [0.1, 0.15) is 11.3 Å². The average Bonchev–Trinajstić information content (AvgIpc) is 2.63. The summed E-state index contributed by atoms with van der Waals surface area (Å²) in [6.07, 6.45) is 1.82. The third-order valence-electron chi connectivity index (χ3n) is 2.26. The molecule has 0 spiro atoms. The van der Waals surface area contributed by atoms with Gasteiger partial charge < -0.3 is 10.5 Å². The second-order valence-electron chi connectivity index (χ2n) is 3.49. The number of nitrogens with one attached hydrogen (secondary N) is 1. The van der Waals surface area contributed by atoms with Crippen LogP contribution in [0.3, 0.4) is 0 Å². The monoisotopic (exact) mass is 237 g/mol. The van der Waals surface area contributed by atoms with E-state index in [1.165, 1.54) is 0 Å². The molecule has 1 aromatic heterocycles. The molecule has 16 heavy (non-hydrogen) atoms. The van der Waals surface area contributed by atoms with Crippen LogP contribution in [-0.2, 0) is 6.61 Å². The minimum absolute atomic E-state index is 0.388. The van der Waals surface area contributed by atoms with Gasteiger partial charge in [0.15, 0.2) is 0 Å². The molecule has 0 saturated carbocycles. The van der Waals surface area contributed by atoms with Gasteiger partial charge in [0.2, 0.25) is 0 Å². The highest BCUT2D eigenvalue weighted by Gasteiger charge is 2.05. The van der Waals surface area contributed by atoms with E-state index >= 15 is 0 Å². The Bertz CT molecular complexity index is 496. The average molecular weight is 238 g/mol. The molecular weight excluding hydrogens is 226 g/mol. The molecule has 84 valence electrons. The smallest absolute Gasteiger partial charge is 0.138 e. The number of nitrogens with zero attached hydrogens (tertiary/aromatic N) is 1. The second kappa shape index (κ2) is 4.45. The molecule has 1 aromatic carbocycles. The topological polar surface area (TPSA) is 63.9 Å². The van der Waals surface area contributed by atoms with Crippen LogP contribution >= 0.6 is 11.6 Å². The summed E-state index contributed by atoms with van der Waals surface area (Å²) in [4.78, 5) is 0. The fourth-order valence-corrected chi connectivity index (χ4v) is 1.55. The number of halogens is 1. The van der Waals surface area contributed by atoms with Gasteiger partial charge in [0, 0.05) is 11.9 Å². The van der Waals surface area contributed by atoms with E-state index in [9.17, 15) is 0 Å². The van der Waals surface area contributed by atoms with Crippen molar-refractivity contribution in [1.82, 2.24) is 10.2 Å². The normalized spacial score (nSPS) is 10.4. The maximum absolute atomic E-state index is 5.98. The number of H-pyrrole nitrogens is 1. The lowest BCUT2D eigenvalue weighted by molar-refractivity contribution is 0.300. The number of ether oxygens (including phenoxy) is 1. The van der Waals surface area contributed by atoms with Gasteiger partial charge in [-0.1, -0.05) is 11.6 Å². The van der Waals surface area contributed by atoms with Crippen molar-refractivity contribution in [3.8, 4) is 5.75 Å². The van der Waals surface area contributed by atoms with E-state index in [2.05, 4.69) is 10.2 Å². The van der Waals surface area contributed by atoms with Gasteiger partial charge in [-0.3, -0.25) is 5.10 Å². The van der Waals surface area contributed by atoms with Gasteiger partial charge in [0.1, 0.15) is 18.1 Å². The van der Waals surface area contributed by atoms with Gasteiger partial charge in [-0.25, -0.2) is 0 Å². The van der Waals surface area contributed by atoms with E-state index in [0.717, 1.165) is 11.3 Å². The summed E-state index contributed by atoms with van der Waals surface area (Å²) in [5.41, 5.74) is 8.13. The third-order valence-corrected chi connectivity index (χ3v) is 2.55. The fourth-order valence-electron chi connectivity index (χ4n) is 1.30. The van der Waals surface area contributed by atoms with E-state index < -0.39 is 0 Å². The van der Waals surface area contributed by atoms with Crippen molar-refractivity contribution in [2.75, 3.05) is 5.73 Å². The highest BCUT2D eigenvalue weighted by Crippen LogP contribution is 2.27. The lowest BCUT2D eigenvalue weighted by Gasteiger charge is -2.07. The molecule has 0 aliphatic carbocycles. The first-order chi connectivity index (χ1) is 7.66. The summed E-state index contributed by atoms with van der Waals surface area (Å²) in [6, 6.07) is 5.16. The van der Waals surface area contributed by atoms with E-state index in [1.807, 2.05) is 13.1 Å². The number of aromatic nitrogens is 2. The van der Waals surface area contributed by atoms with Crippen LogP contribution < -0.4 is 10.5 Å². The number of rotatable bonds is 3. The number of nitrogens with two attached hydrogens (primary N) is 1. The first-order valence-electron chi connectivity index (χ1n) is 4.84. The van der Waals surface area contributed by atoms with Crippen LogP contribution in [0.2, 0.25) is 5.02 Å². The predicted molar refractivity (Wildman–Crippen MR) is 63.5 cm³/mol. The summed E-state index contributed by atoms with van der Waals surface area (Å²) in [5.74, 6) is 0.610. The number of hydrogen-bond acceptors (Lipinski definition) is 3. The summed E-state index contributed by atoms with van der Waals surface area (Å²) in [6.45, 7) is 2.35. The van der Waals surface area contributed by atoms with Gasteiger partial charge >= 0.3 is 0 Å². The maximum atomic E-state index is 5.98. The molecule has 3 N–H and O–H groups in total. The lowest BCUT2D eigenvalue weighted by Crippen LogP contribution is -1.98. The van der Waals surface area contributed by atoms with Crippen LogP contribution in [0.25, 0.3) is 0 Å². The van der Waals surface area contributed by atoms with E-state index in [4.69, 9.17) is 22.1 Å². The minimum Gasteiger partial charge on any atom is -0.486 e. The van der Waals surface area contributed by atoms with Crippen LogP contribution in [0.4, 0.5) is 5.69 Å². The Balaban J connectivity index is 2.08. The molecule has 4 nitrogen and oxygen atoms in total. The summed E-state index contributed by atoms with van der Waals surface area (Å²) in [5, 5.41) is 7.34. The van der Waals surface area contributed by atoms with Crippen LogP contribution in [-0.4, -0.2) is 10.2 Å². The quantitative estimate of drug-likeness (QED) is 0.807. The molecule has 0 atom stereocenters. The molecule has 0 radical (unpaired) electrons. The standard InChI is InChI=1S/C11H12ClN3O/c1-7-5-14-15-10(7)6-16-11-3-2-8(13)4-9(11)12/h2-5H,6,13H2,1H3,(H,14,15). The van der Waals surface area contributed by atoms with Gasteiger partial charge in [0.25, 0.3) is 0 Å². The van der Waals surface area contributed by atoms with E-state index in [-0.39, 0.29) is 0 Å². The van der Waals surface area contributed by atoms with Crippen molar-refractivity contribution in [3.05, 3.63) is 40.7 Å². The zero-order chi connectivity index (χ0) is 11.5. The molecule has 2 rings (SSSR count). The van der Waals surface area contributed by atoms with Gasteiger partial charge in [0.05, 0.1) is 5.02 Å². The van der Waals surface area contributed by atoms with Crippen molar-refractivity contribution < 1.29 is 4.74 Å². The molecule has 0 saturated heterocycles. The highest BCUT2D eigenvalue weighted by molar-refractivity contribution is 6.32. The maximum Gasteiger partial charge on any atom is 0.138 e. The zero-order valence-corrected chi connectivity index (χ0v) is 9.58. The molecule has 0 aliphatic rings. The van der Waals surface area contributed by atoms with E-state index in [1.54, 1.807) is 18.2 Å². The molecule has 0 unspecified atom stereocenters. The van der Waals surface area contributed by atoms with E-state index in [0.29, 0.717) is 23.1 Å². The molecule has 5 heteroatoms. The number of hydrogen-bond donors (Lipinski definition) is 2. The Labute approximate surface area is 98.4 Å². The highest BCUT2D eigenvalue weighted by atomic mass is 35.5. The largest absolute Gasteiger partial charge is 0.486 e. The third kappa shape index (κ3) is 2.28. The Morgan fingerprint density at radius 2 is 2.31 bits per heavy atom. The Morgan fingerprint density at radius 1 is 1.50 bits per heavy atom. The Kier molecular flexibility index (Phi) is 3.01. The van der Waals surface area contributed by atoms with Crippen molar-refractivity contribution in [2.45, 2.75) is 13.5 Å². The summed E-state index contributed by atoms with van der Waals surface area (Å²) in [7, 11) is 0. The van der Waals surface area contributed by atoms with Crippen molar-refractivity contribution >= 4 is 17.3 Å². The van der Waals surface area contributed by atoms with Crippen molar-refractivity contribution in [1.29, 1.82) is 0 Å². The van der Waals surface area contributed by atoms with Crippen LogP contribution in [0.5, 0.6) is 5.75 Å². The summed E-state index contributed by atoms with van der Waals surface area (Å²) < 4.78 is 5.55. The zero-order valence-electron chi connectivity index (χ0n) is 8.83. The molecular formula is C11H12ClN3O. The lowest BCUT2D eigenvalue weighted by atomic mass is 10.3. The van der Waals surface area contributed by atoms with Gasteiger partial charge in [-0.05, 0) is 30.7 Å². The Hall–Kier alpha value is -1.68. The number of nitrogen functional groups attached to an aromatic ring is 1. The minimum atomic E-state index is 0.388. The first kappa shape index (κ1) is 10.8. The number of anilines is 1. The van der Waals surface area contributed by atoms with Gasteiger partial charge in [-0.15, -0.1) is 0 Å². The molecule has 0 amide bonds. The van der Waals surface area contributed by atoms with Crippen molar-refractivity contribution in [3.63, 3.8) is 0 Å². The van der Waals surface area contributed by atoms with Crippen molar-refractivity contribution in [2.24, 2.45) is 0 Å². The second-order valence-corrected chi connectivity index (χ2v) is 3.90. The molecule has 1 heterocycles. The first-order valence-corrected chi connectivity index (χ1v) is 5.21. The molecule has 2 aromatic rings. The van der Waals surface area contributed by atoms with Crippen LogP contribution in [0, 0.1) is 6.92 Å². The fraction of sp³-hybridized carbons (Fsp3) is 0.182. The number of aryl methyl sites for hydroxylation is 1. The predicted octanol–water partition coefficient (Wildman–Crippen LogP) is 2.53. The molecule has 0 fully saturated rings. The summed E-state index contributed by atoms with van der Waals surface area (Å²) >= 11 is 5.98. The van der Waals surface area contributed by atoms with Crippen LogP contribution in [0.15, 0.2) is 24.4 Å². The number of aromatic amines is 1. The Morgan fingerprint density at radius 3 is 2.94 bits per heavy atom. The molecule has 0 bridgehead atoms. The number of benzene rings is 1. The van der Waals surface area contributed by atoms with Gasteiger partial charge in [-0.2, -0.15) is 5.10 Å². The SMILES string of the molecule is Cc1c[nH]nc1COc1ccc(N)cc1Cl. The molecule has 0 aliphatic heterocycles.